The maximum atomic E-state index is 13.7. The number of nitrogens with zero attached hydrogens (tertiary/aromatic N) is 1. The summed E-state index contributed by atoms with van der Waals surface area (Å²) in [6, 6.07) is 5.64. The van der Waals surface area contributed by atoms with E-state index in [4.69, 9.17) is 19.5 Å². The molecule has 5 nitrogen and oxygen atoms in total. The van der Waals surface area contributed by atoms with Crippen LogP contribution in [0.25, 0.3) is 0 Å². The molecule has 0 unspecified atom stereocenters. The number of unbranched alkanes of at least 4 members (excludes halogenated alkanes) is 7. The standard InChI is InChI=1S/C28H40FNO4/c1-2-3-4-5-6-7-8-9-10-21-19-32-28(33-20-21)23-13-11-22(12-14-23)27(31)34-25-16-15-24(18-30)26(29)17-25/h15-17,21-23,28H,2-14,19-20H2,1H3. The van der Waals surface area contributed by atoms with Crippen molar-refractivity contribution in [3.63, 3.8) is 0 Å². The van der Waals surface area contributed by atoms with Crippen LogP contribution in [0, 0.1) is 34.9 Å². The van der Waals surface area contributed by atoms with Crippen molar-refractivity contribution < 1.29 is 23.4 Å². The number of carbonyl (C=O) groups excluding carboxylic acids is 1. The van der Waals surface area contributed by atoms with Gasteiger partial charge in [-0.25, -0.2) is 4.39 Å². The van der Waals surface area contributed by atoms with Gasteiger partial charge in [-0.15, -0.1) is 0 Å². The molecule has 0 bridgehead atoms. The van der Waals surface area contributed by atoms with Crippen molar-refractivity contribution in [2.24, 2.45) is 17.8 Å². The van der Waals surface area contributed by atoms with Gasteiger partial charge in [0, 0.05) is 17.9 Å². The minimum Gasteiger partial charge on any atom is -0.426 e. The van der Waals surface area contributed by atoms with Crippen LogP contribution in [-0.2, 0) is 14.3 Å². The number of ether oxygens (including phenoxy) is 3. The topological polar surface area (TPSA) is 68.5 Å². The zero-order valence-corrected chi connectivity index (χ0v) is 20.6. The van der Waals surface area contributed by atoms with Gasteiger partial charge >= 0.3 is 5.97 Å². The largest absolute Gasteiger partial charge is 0.426 e. The number of hydrogen-bond donors (Lipinski definition) is 0. The maximum Gasteiger partial charge on any atom is 0.314 e. The Morgan fingerprint density at radius 3 is 2.29 bits per heavy atom. The highest BCUT2D eigenvalue weighted by Gasteiger charge is 2.35. The Balaban J connectivity index is 1.28. The molecular formula is C28H40FNO4. The van der Waals surface area contributed by atoms with Crippen LogP contribution >= 0.6 is 0 Å². The summed E-state index contributed by atoms with van der Waals surface area (Å²) in [6.07, 6.45) is 14.8. The summed E-state index contributed by atoms with van der Waals surface area (Å²) in [4.78, 5) is 12.5. The third-order valence-corrected chi connectivity index (χ3v) is 7.23. The first kappa shape index (κ1) is 26.6. The highest BCUT2D eigenvalue weighted by molar-refractivity contribution is 5.75. The molecule has 0 aromatic heterocycles. The summed E-state index contributed by atoms with van der Waals surface area (Å²) in [6.45, 7) is 3.80. The molecule has 1 saturated heterocycles. The van der Waals surface area contributed by atoms with E-state index >= 15 is 0 Å². The molecule has 0 N–H and O–H groups in total. The molecular weight excluding hydrogens is 433 g/mol. The van der Waals surface area contributed by atoms with Crippen molar-refractivity contribution in [1.82, 2.24) is 0 Å². The van der Waals surface area contributed by atoms with Gasteiger partial charge in [0.05, 0.1) is 24.7 Å². The summed E-state index contributed by atoms with van der Waals surface area (Å²) < 4.78 is 31.2. The summed E-state index contributed by atoms with van der Waals surface area (Å²) in [5.74, 6) is -0.267. The molecule has 1 aromatic rings. The van der Waals surface area contributed by atoms with Crippen LogP contribution in [-0.4, -0.2) is 25.5 Å². The van der Waals surface area contributed by atoms with Gasteiger partial charge in [0.25, 0.3) is 0 Å². The van der Waals surface area contributed by atoms with Crippen molar-refractivity contribution >= 4 is 5.97 Å². The van der Waals surface area contributed by atoms with Crippen molar-refractivity contribution in [3.05, 3.63) is 29.6 Å². The van der Waals surface area contributed by atoms with Crippen molar-refractivity contribution in [1.29, 1.82) is 5.26 Å². The van der Waals surface area contributed by atoms with E-state index in [9.17, 15) is 9.18 Å². The number of nitriles is 1. The average Bonchev–Trinajstić information content (AvgIpc) is 2.86. The highest BCUT2D eigenvalue weighted by Crippen LogP contribution is 2.35. The Hall–Kier alpha value is -1.97. The minimum absolute atomic E-state index is 0.0622. The third-order valence-electron chi connectivity index (χ3n) is 7.23. The molecule has 6 heteroatoms. The lowest BCUT2D eigenvalue weighted by Gasteiger charge is -2.37. The van der Waals surface area contributed by atoms with Crippen LogP contribution in [0.5, 0.6) is 5.75 Å². The Bertz CT molecular complexity index is 792. The third kappa shape index (κ3) is 8.36. The normalized spacial score (nSPS) is 25.0. The lowest BCUT2D eigenvalue weighted by atomic mass is 9.81. The molecule has 0 spiro atoms. The second-order valence-electron chi connectivity index (χ2n) is 9.95. The van der Waals surface area contributed by atoms with E-state index in [2.05, 4.69) is 6.92 Å². The molecule has 34 heavy (non-hydrogen) atoms. The number of carbonyl (C=O) groups is 1. The monoisotopic (exact) mass is 473 g/mol. The molecule has 2 fully saturated rings. The smallest absolute Gasteiger partial charge is 0.314 e. The Labute approximate surface area is 204 Å². The van der Waals surface area contributed by atoms with E-state index < -0.39 is 5.82 Å². The first-order chi connectivity index (χ1) is 16.6. The highest BCUT2D eigenvalue weighted by atomic mass is 19.1. The zero-order chi connectivity index (χ0) is 24.2. The fraction of sp³-hybridized carbons (Fsp3) is 0.714. The molecule has 0 amide bonds. The fourth-order valence-electron chi connectivity index (χ4n) is 5.04. The predicted molar refractivity (Wildman–Crippen MR) is 129 cm³/mol. The van der Waals surface area contributed by atoms with Crippen LogP contribution in [0.2, 0.25) is 0 Å². The van der Waals surface area contributed by atoms with Crippen molar-refractivity contribution in [2.75, 3.05) is 13.2 Å². The van der Waals surface area contributed by atoms with Crippen LogP contribution in [0.15, 0.2) is 18.2 Å². The predicted octanol–water partition coefficient (Wildman–Crippen LogP) is 6.93. The minimum atomic E-state index is -0.677. The van der Waals surface area contributed by atoms with Crippen LogP contribution in [0.4, 0.5) is 4.39 Å². The van der Waals surface area contributed by atoms with Gasteiger partial charge in [-0.3, -0.25) is 4.79 Å². The number of rotatable bonds is 12. The van der Waals surface area contributed by atoms with Gasteiger partial charge in [-0.1, -0.05) is 58.3 Å². The summed E-state index contributed by atoms with van der Waals surface area (Å²) in [7, 11) is 0. The molecule has 1 saturated carbocycles. The lowest BCUT2D eigenvalue weighted by molar-refractivity contribution is -0.230. The van der Waals surface area contributed by atoms with Crippen LogP contribution in [0.1, 0.15) is 96.0 Å². The molecule has 0 atom stereocenters. The van der Waals surface area contributed by atoms with Crippen LogP contribution in [0.3, 0.4) is 0 Å². The van der Waals surface area contributed by atoms with Gasteiger partial charge in [0.2, 0.25) is 0 Å². The van der Waals surface area contributed by atoms with E-state index in [-0.39, 0.29) is 29.5 Å². The quantitative estimate of drug-likeness (QED) is 0.187. The van der Waals surface area contributed by atoms with E-state index in [0.29, 0.717) is 24.7 Å². The van der Waals surface area contributed by atoms with Crippen molar-refractivity contribution in [2.45, 2.75) is 96.7 Å². The number of halogens is 1. The van der Waals surface area contributed by atoms with Crippen LogP contribution < -0.4 is 4.74 Å². The average molecular weight is 474 g/mol. The van der Waals surface area contributed by atoms with Crippen molar-refractivity contribution in [3.8, 4) is 11.8 Å². The Morgan fingerprint density at radius 1 is 1.03 bits per heavy atom. The molecule has 188 valence electrons. The second-order valence-corrected chi connectivity index (χ2v) is 9.95. The molecule has 0 radical (unpaired) electrons. The first-order valence-corrected chi connectivity index (χ1v) is 13.2. The van der Waals surface area contributed by atoms with E-state index in [0.717, 1.165) is 32.1 Å². The van der Waals surface area contributed by atoms with E-state index in [1.165, 1.54) is 69.9 Å². The Morgan fingerprint density at radius 2 is 1.68 bits per heavy atom. The van der Waals surface area contributed by atoms with Gasteiger partial charge in [0.1, 0.15) is 17.6 Å². The second kappa shape index (κ2) is 14.4. The zero-order valence-electron chi connectivity index (χ0n) is 20.6. The lowest BCUT2D eigenvalue weighted by Crippen LogP contribution is -2.39. The van der Waals surface area contributed by atoms with Gasteiger partial charge in [-0.2, -0.15) is 5.26 Å². The maximum absolute atomic E-state index is 13.7. The number of esters is 1. The molecule has 1 heterocycles. The van der Waals surface area contributed by atoms with Gasteiger partial charge < -0.3 is 14.2 Å². The molecule has 1 aliphatic heterocycles. The fourth-order valence-corrected chi connectivity index (χ4v) is 5.04. The molecule has 1 aliphatic carbocycles. The summed E-state index contributed by atoms with van der Waals surface area (Å²) >= 11 is 0. The molecule has 3 rings (SSSR count). The van der Waals surface area contributed by atoms with E-state index in [1.54, 1.807) is 6.07 Å². The molecule has 1 aromatic carbocycles. The van der Waals surface area contributed by atoms with Gasteiger partial charge in [-0.05, 0) is 44.2 Å². The SMILES string of the molecule is CCCCCCCCCCC1COC(C2CCC(C(=O)Oc3ccc(C#N)c(F)c3)CC2)OC1. The summed E-state index contributed by atoms with van der Waals surface area (Å²) in [5.41, 5.74) is -0.0622. The first-order valence-electron chi connectivity index (χ1n) is 13.2. The molecule has 2 aliphatic rings. The summed E-state index contributed by atoms with van der Waals surface area (Å²) in [5, 5.41) is 8.81. The van der Waals surface area contributed by atoms with E-state index in [1.807, 2.05) is 0 Å². The van der Waals surface area contributed by atoms with Gasteiger partial charge in [0.15, 0.2) is 6.29 Å². The number of benzene rings is 1. The number of hydrogen-bond acceptors (Lipinski definition) is 5. The Kier molecular flexibility index (Phi) is 11.3.